The van der Waals surface area contributed by atoms with Gasteiger partial charge in [0.15, 0.2) is 0 Å². The molecule has 0 bridgehead atoms. The molecule has 1 aliphatic carbocycles. The molecule has 1 aromatic carbocycles. The number of esters is 1. The predicted octanol–water partition coefficient (Wildman–Crippen LogP) is 3.47. The molecule has 0 atom stereocenters. The summed E-state index contributed by atoms with van der Waals surface area (Å²) in [6.45, 7) is -0.145. The topological polar surface area (TPSA) is 66.8 Å². The van der Waals surface area contributed by atoms with E-state index >= 15 is 0 Å². The zero-order valence-electron chi connectivity index (χ0n) is 13.6. The van der Waals surface area contributed by atoms with E-state index in [-0.39, 0.29) is 24.3 Å². The van der Waals surface area contributed by atoms with Crippen LogP contribution >= 0.6 is 24.0 Å². The summed E-state index contributed by atoms with van der Waals surface area (Å²) in [5.41, 5.74) is 0.781. The number of hydrogen-bond donors (Lipinski definition) is 1. The molecule has 1 heterocycles. The summed E-state index contributed by atoms with van der Waals surface area (Å²) < 4.78 is 5.82. The summed E-state index contributed by atoms with van der Waals surface area (Å²) in [6.07, 6.45) is 6.79. The van der Waals surface area contributed by atoms with E-state index in [2.05, 4.69) is 0 Å². The SMILES string of the molecule is O=C(CN1C(=O)C(=Cc2ccc(O)cc2)SC1=S)OC1CCCCC1. The van der Waals surface area contributed by atoms with Crippen molar-refractivity contribution in [1.82, 2.24) is 4.90 Å². The molecule has 7 heteroatoms. The minimum Gasteiger partial charge on any atom is -0.508 e. The van der Waals surface area contributed by atoms with E-state index in [1.165, 1.54) is 23.1 Å². The Hall–Kier alpha value is -1.86. The molecule has 25 heavy (non-hydrogen) atoms. The third kappa shape index (κ3) is 4.61. The summed E-state index contributed by atoms with van der Waals surface area (Å²) >= 11 is 6.40. The van der Waals surface area contributed by atoms with Gasteiger partial charge in [0, 0.05) is 0 Å². The fraction of sp³-hybridized carbons (Fsp3) is 0.389. The standard InChI is InChI=1S/C18H19NO4S2/c20-13-8-6-12(7-9-13)10-15-17(22)19(18(24)25-15)11-16(21)23-14-4-2-1-3-5-14/h6-10,14,20H,1-5,11H2. The van der Waals surface area contributed by atoms with E-state index in [1.807, 2.05) is 0 Å². The first-order valence-corrected chi connectivity index (χ1v) is 9.49. The zero-order valence-corrected chi connectivity index (χ0v) is 15.3. The highest BCUT2D eigenvalue weighted by Gasteiger charge is 2.34. The van der Waals surface area contributed by atoms with Crippen molar-refractivity contribution in [2.45, 2.75) is 38.2 Å². The number of amides is 1. The number of ether oxygens (including phenoxy) is 1. The first-order chi connectivity index (χ1) is 12.0. The lowest BCUT2D eigenvalue weighted by molar-refractivity contribution is -0.152. The highest BCUT2D eigenvalue weighted by atomic mass is 32.2. The molecular weight excluding hydrogens is 358 g/mol. The molecule has 3 rings (SSSR count). The van der Waals surface area contributed by atoms with Crippen molar-refractivity contribution >= 4 is 46.3 Å². The minimum atomic E-state index is -0.408. The second-order valence-electron chi connectivity index (χ2n) is 6.11. The number of hydrogen-bond acceptors (Lipinski definition) is 6. The van der Waals surface area contributed by atoms with E-state index in [0.717, 1.165) is 31.2 Å². The molecule has 1 saturated heterocycles. The lowest BCUT2D eigenvalue weighted by Crippen LogP contribution is -2.36. The van der Waals surface area contributed by atoms with E-state index in [1.54, 1.807) is 30.3 Å². The lowest BCUT2D eigenvalue weighted by Gasteiger charge is -2.23. The first-order valence-electron chi connectivity index (χ1n) is 8.27. The Balaban J connectivity index is 1.62. The molecule has 0 aromatic heterocycles. The van der Waals surface area contributed by atoms with Gasteiger partial charge < -0.3 is 9.84 Å². The monoisotopic (exact) mass is 377 g/mol. The van der Waals surface area contributed by atoms with Crippen molar-refractivity contribution < 1.29 is 19.4 Å². The maximum Gasteiger partial charge on any atom is 0.326 e. The molecule has 0 unspecified atom stereocenters. The Bertz CT molecular complexity index is 708. The van der Waals surface area contributed by atoms with E-state index in [4.69, 9.17) is 17.0 Å². The van der Waals surface area contributed by atoms with Crippen LogP contribution in [0.5, 0.6) is 5.75 Å². The fourth-order valence-corrected chi connectivity index (χ4v) is 4.15. The van der Waals surface area contributed by atoms with Gasteiger partial charge in [0.1, 0.15) is 22.7 Å². The summed E-state index contributed by atoms with van der Waals surface area (Å²) in [5.74, 6) is -0.534. The molecule has 1 aromatic rings. The molecule has 2 fully saturated rings. The number of phenolic OH excluding ortho intramolecular Hbond substituents is 1. The van der Waals surface area contributed by atoms with Gasteiger partial charge in [-0.3, -0.25) is 14.5 Å². The van der Waals surface area contributed by atoms with Crippen LogP contribution in [0.4, 0.5) is 0 Å². The van der Waals surface area contributed by atoms with E-state index < -0.39 is 5.97 Å². The molecule has 0 radical (unpaired) electrons. The number of thiocarbonyl (C=S) groups is 1. The van der Waals surface area contributed by atoms with Crippen LogP contribution in [0.15, 0.2) is 29.2 Å². The summed E-state index contributed by atoms with van der Waals surface area (Å²) in [4.78, 5) is 26.4. The highest BCUT2D eigenvalue weighted by molar-refractivity contribution is 8.26. The largest absolute Gasteiger partial charge is 0.508 e. The Morgan fingerprint density at radius 2 is 1.96 bits per heavy atom. The number of nitrogens with zero attached hydrogens (tertiary/aromatic N) is 1. The van der Waals surface area contributed by atoms with Crippen LogP contribution in [-0.4, -0.2) is 38.9 Å². The van der Waals surface area contributed by atoms with Crippen molar-refractivity contribution in [3.63, 3.8) is 0 Å². The van der Waals surface area contributed by atoms with Crippen LogP contribution in [0.3, 0.4) is 0 Å². The zero-order chi connectivity index (χ0) is 17.8. The fourth-order valence-electron chi connectivity index (χ4n) is 2.89. The molecule has 5 nitrogen and oxygen atoms in total. The number of rotatable bonds is 4. The van der Waals surface area contributed by atoms with E-state index in [0.29, 0.717) is 9.23 Å². The number of benzene rings is 1. The Morgan fingerprint density at radius 3 is 2.64 bits per heavy atom. The van der Waals surface area contributed by atoms with Gasteiger partial charge in [-0.25, -0.2) is 0 Å². The van der Waals surface area contributed by atoms with Gasteiger partial charge in [0.05, 0.1) is 4.91 Å². The van der Waals surface area contributed by atoms with Crippen molar-refractivity contribution in [2.24, 2.45) is 0 Å². The molecule has 1 N–H and O–H groups in total. The molecule has 0 spiro atoms. The number of phenols is 1. The van der Waals surface area contributed by atoms with Gasteiger partial charge >= 0.3 is 5.97 Å². The molecule has 1 amide bonds. The van der Waals surface area contributed by atoms with Gasteiger partial charge in [0.2, 0.25) is 0 Å². The number of carbonyl (C=O) groups excluding carboxylic acids is 2. The molecule has 132 valence electrons. The van der Waals surface area contributed by atoms with Crippen LogP contribution in [0.2, 0.25) is 0 Å². The molecular formula is C18H19NO4S2. The normalized spacial score (nSPS) is 20.3. The van der Waals surface area contributed by atoms with Crippen molar-refractivity contribution in [3.05, 3.63) is 34.7 Å². The summed E-state index contributed by atoms with van der Waals surface area (Å²) in [5, 5.41) is 9.31. The lowest BCUT2D eigenvalue weighted by atomic mass is 9.98. The Morgan fingerprint density at radius 1 is 1.28 bits per heavy atom. The smallest absolute Gasteiger partial charge is 0.326 e. The van der Waals surface area contributed by atoms with Crippen molar-refractivity contribution in [2.75, 3.05) is 6.54 Å². The second kappa shape index (κ2) is 8.01. The average molecular weight is 377 g/mol. The summed E-state index contributed by atoms with van der Waals surface area (Å²) in [7, 11) is 0. The van der Waals surface area contributed by atoms with Gasteiger partial charge in [-0.15, -0.1) is 0 Å². The summed E-state index contributed by atoms with van der Waals surface area (Å²) in [6, 6.07) is 6.51. The number of aromatic hydroxyl groups is 1. The predicted molar refractivity (Wildman–Crippen MR) is 101 cm³/mol. The van der Waals surface area contributed by atoms with Crippen molar-refractivity contribution in [1.29, 1.82) is 0 Å². The van der Waals surface area contributed by atoms with Gasteiger partial charge in [0.25, 0.3) is 5.91 Å². The maximum atomic E-state index is 12.5. The van der Waals surface area contributed by atoms with Crippen LogP contribution in [0, 0.1) is 0 Å². The van der Waals surface area contributed by atoms with Gasteiger partial charge in [-0.05, 0) is 49.5 Å². The van der Waals surface area contributed by atoms with Crippen LogP contribution < -0.4 is 0 Å². The number of thioether (sulfide) groups is 1. The van der Waals surface area contributed by atoms with Gasteiger partial charge in [-0.2, -0.15) is 0 Å². The van der Waals surface area contributed by atoms with Crippen LogP contribution in [-0.2, 0) is 14.3 Å². The molecule has 2 aliphatic rings. The third-order valence-electron chi connectivity index (χ3n) is 4.20. The highest BCUT2D eigenvalue weighted by Crippen LogP contribution is 2.32. The number of carbonyl (C=O) groups is 2. The maximum absolute atomic E-state index is 12.5. The third-order valence-corrected chi connectivity index (χ3v) is 5.58. The Kier molecular flexibility index (Phi) is 5.75. The van der Waals surface area contributed by atoms with E-state index in [9.17, 15) is 14.7 Å². The molecule has 1 saturated carbocycles. The van der Waals surface area contributed by atoms with Gasteiger partial charge in [-0.1, -0.05) is 42.5 Å². The van der Waals surface area contributed by atoms with Crippen molar-refractivity contribution in [3.8, 4) is 5.75 Å². The first kappa shape index (κ1) is 17.9. The van der Waals surface area contributed by atoms with Crippen LogP contribution in [0.25, 0.3) is 6.08 Å². The molecule has 1 aliphatic heterocycles. The quantitative estimate of drug-likeness (QED) is 0.492. The second-order valence-corrected chi connectivity index (χ2v) is 7.79. The van der Waals surface area contributed by atoms with Crippen LogP contribution in [0.1, 0.15) is 37.7 Å². The average Bonchev–Trinajstić information content (AvgIpc) is 2.85. The minimum absolute atomic E-state index is 0.0350. The Labute approximate surface area is 156 Å².